The Morgan fingerprint density at radius 1 is 1.13 bits per heavy atom. The summed E-state index contributed by atoms with van der Waals surface area (Å²) in [4.78, 5) is 27.0. The van der Waals surface area contributed by atoms with Gasteiger partial charge in [0.1, 0.15) is 23.1 Å². The van der Waals surface area contributed by atoms with Crippen molar-refractivity contribution in [3.8, 4) is 5.75 Å². The maximum Gasteiger partial charge on any atom is 0.296 e. The van der Waals surface area contributed by atoms with E-state index in [9.17, 15) is 24.2 Å². The van der Waals surface area contributed by atoms with Gasteiger partial charge in [-0.2, -0.15) is 0 Å². The van der Waals surface area contributed by atoms with E-state index in [1.54, 1.807) is 31.2 Å². The number of carbonyl (C=O) groups is 2. The highest BCUT2D eigenvalue weighted by atomic mass is 19.1. The van der Waals surface area contributed by atoms with Gasteiger partial charge in [-0.05, 0) is 48.4 Å². The fourth-order valence-corrected chi connectivity index (χ4v) is 3.55. The number of likely N-dealkylation sites (tertiary alicyclic amines) is 1. The molecule has 2 N–H and O–H groups in total. The van der Waals surface area contributed by atoms with Crippen LogP contribution in [0.1, 0.15) is 28.5 Å². The van der Waals surface area contributed by atoms with Gasteiger partial charge in [0.05, 0.1) is 24.4 Å². The van der Waals surface area contributed by atoms with E-state index < -0.39 is 29.3 Å². The molecule has 1 amide bonds. The number of nitrogens with zero attached hydrogens (tertiary/aromatic N) is 1. The first-order valence-corrected chi connectivity index (χ1v) is 9.23. The highest BCUT2D eigenvalue weighted by Crippen LogP contribution is 2.41. The third-order valence-electron chi connectivity index (χ3n) is 5.08. The Balaban J connectivity index is 1.89. The van der Waals surface area contributed by atoms with E-state index in [1.807, 2.05) is 0 Å². The number of rotatable bonds is 4. The Kier molecular flexibility index (Phi) is 4.87. The fourth-order valence-electron chi connectivity index (χ4n) is 3.55. The third-order valence-corrected chi connectivity index (χ3v) is 5.08. The molecule has 2 heterocycles. The van der Waals surface area contributed by atoms with Crippen molar-refractivity contribution in [3.63, 3.8) is 0 Å². The molecule has 1 aliphatic heterocycles. The molecule has 0 radical (unpaired) electrons. The number of aryl methyl sites for hydroxylation is 1. The van der Waals surface area contributed by atoms with Crippen molar-refractivity contribution < 1.29 is 28.6 Å². The first-order valence-electron chi connectivity index (χ1n) is 9.23. The number of phenols is 1. The normalized spacial score (nSPS) is 18.2. The molecule has 1 aromatic heterocycles. The van der Waals surface area contributed by atoms with Gasteiger partial charge in [-0.1, -0.05) is 24.3 Å². The van der Waals surface area contributed by atoms with Crippen LogP contribution in [0.2, 0.25) is 0 Å². The Morgan fingerprint density at radius 3 is 2.60 bits per heavy atom. The molecule has 1 saturated heterocycles. The number of aromatic hydroxyl groups is 1. The van der Waals surface area contributed by atoms with Gasteiger partial charge in [-0.3, -0.25) is 9.59 Å². The average Bonchev–Trinajstić information content (AvgIpc) is 3.32. The van der Waals surface area contributed by atoms with Crippen molar-refractivity contribution in [1.29, 1.82) is 0 Å². The number of ketones is 1. The maximum absolute atomic E-state index is 14.1. The topological polar surface area (TPSA) is 91.0 Å². The molecule has 4 rings (SSSR count). The molecule has 2 aromatic carbocycles. The predicted octanol–water partition coefficient (Wildman–Crippen LogP) is 4.05. The van der Waals surface area contributed by atoms with Crippen molar-refractivity contribution in [2.45, 2.75) is 19.5 Å². The lowest BCUT2D eigenvalue weighted by Gasteiger charge is -2.24. The van der Waals surface area contributed by atoms with Crippen LogP contribution in [-0.4, -0.2) is 26.8 Å². The van der Waals surface area contributed by atoms with Crippen LogP contribution >= 0.6 is 0 Å². The standard InChI is InChI=1S/C23H18FNO5/c1-13-7-8-15(11-18(13)24)21(27)19-20(14-4-2-5-16(26)10-14)25(23(29)22(19)28)12-17-6-3-9-30-17/h2-11,20,26-27H,12H2,1H3/t20-/m1/s1. The van der Waals surface area contributed by atoms with Crippen molar-refractivity contribution in [1.82, 2.24) is 4.90 Å². The lowest BCUT2D eigenvalue weighted by molar-refractivity contribution is -0.140. The number of hydrogen-bond acceptors (Lipinski definition) is 5. The van der Waals surface area contributed by atoms with Gasteiger partial charge in [0.2, 0.25) is 0 Å². The number of furan rings is 1. The van der Waals surface area contributed by atoms with E-state index >= 15 is 0 Å². The monoisotopic (exact) mass is 407 g/mol. The van der Waals surface area contributed by atoms with Crippen molar-refractivity contribution >= 4 is 17.4 Å². The zero-order valence-corrected chi connectivity index (χ0v) is 16.0. The lowest BCUT2D eigenvalue weighted by Crippen LogP contribution is -2.29. The number of aliphatic hydroxyl groups excluding tert-OH is 1. The molecular weight excluding hydrogens is 389 g/mol. The zero-order chi connectivity index (χ0) is 21.4. The van der Waals surface area contributed by atoms with Gasteiger partial charge in [-0.15, -0.1) is 0 Å². The number of amides is 1. The number of aliphatic hydroxyl groups is 1. The number of Topliss-reactive ketones (excluding diaryl/α,β-unsaturated/α-hetero) is 1. The summed E-state index contributed by atoms with van der Waals surface area (Å²) >= 11 is 0. The first kappa shape index (κ1) is 19.4. The summed E-state index contributed by atoms with van der Waals surface area (Å²) in [6, 6.07) is 12.5. The van der Waals surface area contributed by atoms with Gasteiger partial charge in [0.25, 0.3) is 11.7 Å². The number of halogens is 1. The van der Waals surface area contributed by atoms with E-state index in [-0.39, 0.29) is 23.4 Å². The van der Waals surface area contributed by atoms with E-state index in [1.165, 1.54) is 35.4 Å². The van der Waals surface area contributed by atoms with Gasteiger partial charge in [0, 0.05) is 5.56 Å². The molecule has 152 valence electrons. The van der Waals surface area contributed by atoms with Crippen molar-refractivity contribution in [2.24, 2.45) is 0 Å². The molecule has 7 heteroatoms. The quantitative estimate of drug-likeness (QED) is 0.387. The number of phenolic OH excluding ortho intramolecular Hbond substituents is 1. The van der Waals surface area contributed by atoms with Crippen LogP contribution in [0.25, 0.3) is 5.76 Å². The highest BCUT2D eigenvalue weighted by Gasteiger charge is 2.46. The van der Waals surface area contributed by atoms with Gasteiger partial charge >= 0.3 is 0 Å². The van der Waals surface area contributed by atoms with Crippen LogP contribution in [0, 0.1) is 12.7 Å². The van der Waals surface area contributed by atoms with Crippen molar-refractivity contribution in [2.75, 3.05) is 0 Å². The summed E-state index contributed by atoms with van der Waals surface area (Å²) in [6.45, 7) is 1.56. The molecule has 0 spiro atoms. The third kappa shape index (κ3) is 3.34. The summed E-state index contributed by atoms with van der Waals surface area (Å²) in [5.74, 6) is -2.36. The molecule has 0 bridgehead atoms. The van der Waals surface area contributed by atoms with Gasteiger partial charge in [-0.25, -0.2) is 4.39 Å². The van der Waals surface area contributed by atoms with Crippen LogP contribution in [0.4, 0.5) is 4.39 Å². The predicted molar refractivity (Wildman–Crippen MR) is 106 cm³/mol. The SMILES string of the molecule is Cc1ccc(C(O)=C2C(=O)C(=O)N(Cc3ccco3)[C@@H]2c2cccc(O)c2)cc1F. The Morgan fingerprint density at radius 2 is 1.93 bits per heavy atom. The minimum atomic E-state index is -0.980. The molecular formula is C23H18FNO5. The first-order chi connectivity index (χ1) is 14.4. The second-order valence-corrected chi connectivity index (χ2v) is 7.07. The van der Waals surface area contributed by atoms with E-state index in [0.717, 1.165) is 6.07 Å². The Hall–Kier alpha value is -3.87. The fraction of sp³-hybridized carbons (Fsp3) is 0.130. The Bertz CT molecular complexity index is 1170. The molecule has 1 aliphatic rings. The van der Waals surface area contributed by atoms with Crippen LogP contribution in [0.15, 0.2) is 70.9 Å². The minimum absolute atomic E-state index is 0.0169. The molecule has 1 atom stereocenters. The number of hydrogen-bond donors (Lipinski definition) is 2. The molecule has 0 unspecified atom stereocenters. The zero-order valence-electron chi connectivity index (χ0n) is 16.0. The largest absolute Gasteiger partial charge is 0.508 e. The summed E-state index contributed by atoms with van der Waals surface area (Å²) in [5.41, 5.74) is 0.712. The lowest BCUT2D eigenvalue weighted by atomic mass is 9.95. The summed E-state index contributed by atoms with van der Waals surface area (Å²) in [7, 11) is 0. The molecule has 6 nitrogen and oxygen atoms in total. The molecule has 3 aromatic rings. The summed E-state index contributed by atoms with van der Waals surface area (Å²) in [6.07, 6.45) is 1.45. The van der Waals surface area contributed by atoms with E-state index in [4.69, 9.17) is 4.42 Å². The van der Waals surface area contributed by atoms with E-state index in [2.05, 4.69) is 0 Å². The average molecular weight is 407 g/mol. The molecule has 30 heavy (non-hydrogen) atoms. The molecule has 0 aliphatic carbocycles. The van der Waals surface area contributed by atoms with Crippen LogP contribution in [0.3, 0.4) is 0 Å². The van der Waals surface area contributed by atoms with Gasteiger partial charge in [0.15, 0.2) is 0 Å². The second kappa shape index (κ2) is 7.51. The van der Waals surface area contributed by atoms with E-state index in [0.29, 0.717) is 16.9 Å². The van der Waals surface area contributed by atoms with Crippen LogP contribution in [-0.2, 0) is 16.1 Å². The molecule has 0 saturated carbocycles. The highest BCUT2D eigenvalue weighted by molar-refractivity contribution is 6.46. The summed E-state index contributed by atoms with van der Waals surface area (Å²) < 4.78 is 19.4. The number of benzene rings is 2. The summed E-state index contributed by atoms with van der Waals surface area (Å²) in [5, 5.41) is 20.8. The molecule has 1 fully saturated rings. The number of carbonyl (C=O) groups excluding carboxylic acids is 2. The Labute approximate surface area is 171 Å². The van der Waals surface area contributed by atoms with Crippen LogP contribution < -0.4 is 0 Å². The second-order valence-electron chi connectivity index (χ2n) is 7.07. The van der Waals surface area contributed by atoms with Crippen LogP contribution in [0.5, 0.6) is 5.75 Å². The van der Waals surface area contributed by atoms with Gasteiger partial charge < -0.3 is 19.5 Å². The smallest absolute Gasteiger partial charge is 0.296 e. The minimum Gasteiger partial charge on any atom is -0.508 e. The van der Waals surface area contributed by atoms with Crippen molar-refractivity contribution in [3.05, 3.63) is 94.7 Å². The maximum atomic E-state index is 14.1.